The van der Waals surface area contributed by atoms with Crippen molar-refractivity contribution in [2.24, 2.45) is 0 Å². The molecule has 16 heavy (non-hydrogen) atoms. The molecule has 0 bridgehead atoms. The Morgan fingerprint density at radius 1 is 1.62 bits per heavy atom. The summed E-state index contributed by atoms with van der Waals surface area (Å²) in [6.45, 7) is 1.65. The molecular weight excluding hydrogens is 338 g/mol. The number of halogens is 4. The van der Waals surface area contributed by atoms with Gasteiger partial charge in [0.2, 0.25) is 5.95 Å². The van der Waals surface area contributed by atoms with Crippen LogP contribution in [-0.4, -0.2) is 17.6 Å². The summed E-state index contributed by atoms with van der Waals surface area (Å²) in [5, 5.41) is 0. The predicted octanol–water partition coefficient (Wildman–Crippen LogP) is 2.94. The summed E-state index contributed by atoms with van der Waals surface area (Å²) in [5.74, 6) is -1.96. The maximum Gasteiger partial charge on any atom is 0.339 e. The molecular formula is C9H7F3INO2. The second-order valence-corrected chi connectivity index (χ2v) is 3.79. The van der Waals surface area contributed by atoms with Crippen molar-refractivity contribution in [3.63, 3.8) is 0 Å². The fraction of sp³-hybridized carbons (Fsp3) is 0.333. The monoisotopic (exact) mass is 345 g/mol. The van der Waals surface area contributed by atoms with Gasteiger partial charge >= 0.3 is 5.97 Å². The van der Waals surface area contributed by atoms with Gasteiger partial charge in [0.25, 0.3) is 6.43 Å². The summed E-state index contributed by atoms with van der Waals surface area (Å²) in [7, 11) is 0. The van der Waals surface area contributed by atoms with E-state index >= 15 is 0 Å². The van der Waals surface area contributed by atoms with E-state index in [1.807, 2.05) is 0 Å². The van der Waals surface area contributed by atoms with Gasteiger partial charge in [-0.25, -0.2) is 18.6 Å². The van der Waals surface area contributed by atoms with Crippen LogP contribution in [0.15, 0.2) is 6.07 Å². The van der Waals surface area contributed by atoms with Gasteiger partial charge in [-0.1, -0.05) is 0 Å². The first-order valence-corrected chi connectivity index (χ1v) is 5.36. The van der Waals surface area contributed by atoms with Crippen LogP contribution >= 0.6 is 22.6 Å². The van der Waals surface area contributed by atoms with Gasteiger partial charge in [0.05, 0.1) is 15.7 Å². The van der Waals surface area contributed by atoms with Crippen LogP contribution in [-0.2, 0) is 4.74 Å². The molecule has 0 radical (unpaired) electrons. The summed E-state index contributed by atoms with van der Waals surface area (Å²) < 4.78 is 42.3. The Morgan fingerprint density at radius 3 is 2.75 bits per heavy atom. The van der Waals surface area contributed by atoms with Gasteiger partial charge in [-0.2, -0.15) is 4.39 Å². The van der Waals surface area contributed by atoms with Crippen LogP contribution < -0.4 is 0 Å². The van der Waals surface area contributed by atoms with E-state index in [1.165, 1.54) is 22.6 Å². The topological polar surface area (TPSA) is 39.2 Å². The second kappa shape index (κ2) is 5.46. The minimum atomic E-state index is -2.93. The first kappa shape index (κ1) is 13.2. The SMILES string of the molecule is CCOC(=O)c1cc(F)nc(C(F)F)c1I. The molecule has 1 heterocycles. The smallest absolute Gasteiger partial charge is 0.339 e. The van der Waals surface area contributed by atoms with Crippen LogP contribution in [0.25, 0.3) is 0 Å². The lowest BCUT2D eigenvalue weighted by atomic mass is 10.2. The van der Waals surface area contributed by atoms with Crippen molar-refractivity contribution in [3.8, 4) is 0 Å². The number of carbonyl (C=O) groups excluding carboxylic acids is 1. The normalized spacial score (nSPS) is 10.6. The third kappa shape index (κ3) is 2.83. The number of nitrogens with zero attached hydrogens (tertiary/aromatic N) is 1. The zero-order chi connectivity index (χ0) is 12.3. The van der Waals surface area contributed by atoms with Crippen LogP contribution in [0.3, 0.4) is 0 Å². The van der Waals surface area contributed by atoms with Gasteiger partial charge in [-0.05, 0) is 29.5 Å². The molecule has 0 saturated carbocycles. The van der Waals surface area contributed by atoms with Crippen LogP contribution in [0.1, 0.15) is 29.4 Å². The van der Waals surface area contributed by atoms with Crippen molar-refractivity contribution >= 4 is 28.6 Å². The lowest BCUT2D eigenvalue weighted by Gasteiger charge is -2.08. The molecule has 0 atom stereocenters. The Hall–Kier alpha value is -0.860. The maximum atomic E-state index is 12.9. The summed E-state index contributed by atoms with van der Waals surface area (Å²) in [4.78, 5) is 14.4. The molecule has 0 fully saturated rings. The standard InChI is InChI=1S/C9H7F3INO2/c1-2-16-9(15)4-3-5(10)14-7(6(4)13)8(11)12/h3,8H,2H2,1H3. The highest BCUT2D eigenvalue weighted by molar-refractivity contribution is 14.1. The molecule has 0 amide bonds. The molecule has 88 valence electrons. The molecule has 3 nitrogen and oxygen atoms in total. The van der Waals surface area contributed by atoms with E-state index < -0.39 is 24.0 Å². The van der Waals surface area contributed by atoms with E-state index in [1.54, 1.807) is 6.92 Å². The van der Waals surface area contributed by atoms with Crippen molar-refractivity contribution in [2.45, 2.75) is 13.3 Å². The molecule has 0 N–H and O–H groups in total. The molecule has 7 heteroatoms. The summed E-state index contributed by atoms with van der Waals surface area (Å²) in [5.41, 5.74) is -0.978. The Kier molecular flexibility index (Phi) is 4.51. The summed E-state index contributed by atoms with van der Waals surface area (Å²) in [6.07, 6.45) is -2.93. The molecule has 1 rings (SSSR count). The predicted molar refractivity (Wildman–Crippen MR) is 57.8 cm³/mol. The fourth-order valence-electron chi connectivity index (χ4n) is 1.02. The Bertz CT molecular complexity index is 412. The van der Waals surface area contributed by atoms with Crippen molar-refractivity contribution in [1.29, 1.82) is 0 Å². The molecule has 0 aliphatic heterocycles. The number of ether oxygens (including phenoxy) is 1. The zero-order valence-electron chi connectivity index (χ0n) is 8.14. The number of hydrogen-bond donors (Lipinski definition) is 0. The van der Waals surface area contributed by atoms with E-state index in [2.05, 4.69) is 9.72 Å². The van der Waals surface area contributed by atoms with Gasteiger partial charge in [0.15, 0.2) is 0 Å². The van der Waals surface area contributed by atoms with Crippen LogP contribution in [0.4, 0.5) is 13.2 Å². The number of hydrogen-bond acceptors (Lipinski definition) is 3. The van der Waals surface area contributed by atoms with E-state index in [4.69, 9.17) is 0 Å². The fourth-order valence-corrected chi connectivity index (χ4v) is 1.75. The van der Waals surface area contributed by atoms with Gasteiger partial charge < -0.3 is 4.74 Å². The molecule has 0 saturated heterocycles. The number of rotatable bonds is 3. The Labute approximate surface area is 103 Å². The molecule has 1 aromatic rings. The Balaban J connectivity index is 3.24. The van der Waals surface area contributed by atoms with E-state index in [0.717, 1.165) is 6.07 Å². The Morgan fingerprint density at radius 2 is 2.25 bits per heavy atom. The summed E-state index contributed by atoms with van der Waals surface area (Å²) >= 11 is 1.52. The highest BCUT2D eigenvalue weighted by atomic mass is 127. The van der Waals surface area contributed by atoms with Gasteiger partial charge in [0.1, 0.15) is 5.69 Å². The lowest BCUT2D eigenvalue weighted by molar-refractivity contribution is 0.0523. The minimum absolute atomic E-state index is 0.0862. The van der Waals surface area contributed by atoms with Gasteiger partial charge in [0, 0.05) is 6.07 Å². The van der Waals surface area contributed by atoms with E-state index in [9.17, 15) is 18.0 Å². The van der Waals surface area contributed by atoms with Crippen molar-refractivity contribution in [1.82, 2.24) is 4.98 Å². The number of aromatic nitrogens is 1. The van der Waals surface area contributed by atoms with Crippen molar-refractivity contribution in [2.75, 3.05) is 6.61 Å². The molecule has 0 unspecified atom stereocenters. The highest BCUT2D eigenvalue weighted by Crippen LogP contribution is 2.26. The van der Waals surface area contributed by atoms with E-state index in [-0.39, 0.29) is 15.7 Å². The molecule has 0 aliphatic carbocycles. The molecule has 0 aliphatic rings. The van der Waals surface area contributed by atoms with Crippen molar-refractivity contribution < 1.29 is 22.7 Å². The zero-order valence-corrected chi connectivity index (χ0v) is 10.3. The highest BCUT2D eigenvalue weighted by Gasteiger charge is 2.22. The van der Waals surface area contributed by atoms with Crippen LogP contribution in [0.5, 0.6) is 0 Å². The molecule has 1 aromatic heterocycles. The minimum Gasteiger partial charge on any atom is -0.462 e. The third-order valence-corrected chi connectivity index (χ3v) is 2.79. The largest absolute Gasteiger partial charge is 0.462 e. The first-order valence-electron chi connectivity index (χ1n) is 4.28. The van der Waals surface area contributed by atoms with Crippen LogP contribution in [0.2, 0.25) is 0 Å². The maximum absolute atomic E-state index is 12.9. The lowest BCUT2D eigenvalue weighted by Crippen LogP contribution is -2.11. The molecule has 0 aromatic carbocycles. The quantitative estimate of drug-likeness (QED) is 0.480. The van der Waals surface area contributed by atoms with E-state index in [0.29, 0.717) is 0 Å². The number of esters is 1. The third-order valence-electron chi connectivity index (χ3n) is 1.65. The average Bonchev–Trinajstić information content (AvgIpc) is 2.20. The summed E-state index contributed by atoms with van der Waals surface area (Å²) in [6, 6.07) is 0.783. The number of pyridine rings is 1. The second-order valence-electron chi connectivity index (χ2n) is 2.71. The number of alkyl halides is 2. The number of carbonyl (C=O) groups is 1. The molecule has 0 spiro atoms. The van der Waals surface area contributed by atoms with Crippen molar-refractivity contribution in [3.05, 3.63) is 26.8 Å². The first-order chi connectivity index (χ1) is 7.47. The van der Waals surface area contributed by atoms with Crippen LogP contribution in [0, 0.1) is 9.52 Å². The van der Waals surface area contributed by atoms with Gasteiger partial charge in [-0.3, -0.25) is 0 Å². The average molecular weight is 345 g/mol. The van der Waals surface area contributed by atoms with Gasteiger partial charge in [-0.15, -0.1) is 0 Å².